The molecule has 0 spiro atoms. The zero-order chi connectivity index (χ0) is 11.9. The van der Waals surface area contributed by atoms with Crippen LogP contribution < -0.4 is 0 Å². The van der Waals surface area contributed by atoms with E-state index in [0.717, 1.165) is 0 Å². The van der Waals surface area contributed by atoms with E-state index < -0.39 is 0 Å². The first-order valence-electron chi connectivity index (χ1n) is 5.60. The molecule has 0 unspecified atom stereocenters. The number of aromatic nitrogens is 1. The van der Waals surface area contributed by atoms with E-state index in [1.54, 1.807) is 0 Å². The third kappa shape index (κ3) is 2.80. The summed E-state index contributed by atoms with van der Waals surface area (Å²) < 4.78 is 0. The molecule has 15 heavy (non-hydrogen) atoms. The minimum Gasteiger partial charge on any atom is -0.260 e. The molecule has 0 amide bonds. The van der Waals surface area contributed by atoms with E-state index >= 15 is 0 Å². The van der Waals surface area contributed by atoms with E-state index in [4.69, 9.17) is 0 Å². The normalized spacial score (nSPS) is 13.0. The summed E-state index contributed by atoms with van der Waals surface area (Å²) in [7, 11) is 0. The lowest BCUT2D eigenvalue weighted by atomic mass is 9.81. The number of nitrogens with zero attached hydrogens (tertiary/aromatic N) is 1. The minimum absolute atomic E-state index is 0.133. The molecule has 1 nitrogen and oxygen atoms in total. The Kier molecular flexibility index (Phi) is 2.95. The molecule has 0 bridgehead atoms. The van der Waals surface area contributed by atoms with Crippen LogP contribution in [-0.4, -0.2) is 4.98 Å². The number of aryl methyl sites for hydroxylation is 1. The van der Waals surface area contributed by atoms with Crippen molar-refractivity contribution in [3.05, 3.63) is 29.1 Å². The van der Waals surface area contributed by atoms with Crippen LogP contribution in [0.25, 0.3) is 0 Å². The maximum Gasteiger partial charge on any atom is 0.0460 e. The highest BCUT2D eigenvalue weighted by Crippen LogP contribution is 2.29. The van der Waals surface area contributed by atoms with E-state index in [1.807, 2.05) is 6.20 Å². The zero-order valence-corrected chi connectivity index (χ0v) is 11.1. The largest absolute Gasteiger partial charge is 0.260 e. The summed E-state index contributed by atoms with van der Waals surface area (Å²) in [5.41, 5.74) is 4.21. The average molecular weight is 205 g/mol. The Balaban J connectivity index is 3.30. The van der Waals surface area contributed by atoms with Gasteiger partial charge in [0.25, 0.3) is 0 Å². The standard InChI is InChI=1S/C14H23N/c1-10-9-15-12(14(5,6)7)8-11(10)13(2,3)4/h8-9H,1-7H3. The Morgan fingerprint density at radius 2 is 1.47 bits per heavy atom. The van der Waals surface area contributed by atoms with Crippen molar-refractivity contribution in [3.8, 4) is 0 Å². The van der Waals surface area contributed by atoms with Crippen LogP contribution in [-0.2, 0) is 10.8 Å². The third-order valence-corrected chi connectivity index (χ3v) is 2.68. The van der Waals surface area contributed by atoms with Gasteiger partial charge in [0.1, 0.15) is 0 Å². The Morgan fingerprint density at radius 3 is 1.87 bits per heavy atom. The second kappa shape index (κ2) is 3.62. The van der Waals surface area contributed by atoms with Gasteiger partial charge in [-0.3, -0.25) is 4.98 Å². The maximum atomic E-state index is 4.52. The Bertz CT molecular complexity index is 351. The molecule has 1 rings (SSSR count). The van der Waals surface area contributed by atoms with E-state index in [9.17, 15) is 0 Å². The molecule has 1 heterocycles. The molecule has 0 saturated carbocycles. The first-order chi connectivity index (χ1) is 6.62. The van der Waals surface area contributed by atoms with Gasteiger partial charge >= 0.3 is 0 Å². The van der Waals surface area contributed by atoms with Gasteiger partial charge in [0.15, 0.2) is 0 Å². The summed E-state index contributed by atoms with van der Waals surface area (Å²) in [6, 6.07) is 2.26. The molecule has 0 aliphatic rings. The zero-order valence-electron chi connectivity index (χ0n) is 11.1. The first kappa shape index (κ1) is 12.2. The summed E-state index contributed by atoms with van der Waals surface area (Å²) in [5.74, 6) is 0. The van der Waals surface area contributed by atoms with Crippen LogP contribution in [0.4, 0.5) is 0 Å². The molecular weight excluding hydrogens is 182 g/mol. The van der Waals surface area contributed by atoms with Gasteiger partial charge in [-0.15, -0.1) is 0 Å². The van der Waals surface area contributed by atoms with Crippen molar-refractivity contribution >= 4 is 0 Å². The number of hydrogen-bond acceptors (Lipinski definition) is 1. The van der Waals surface area contributed by atoms with Gasteiger partial charge in [0.05, 0.1) is 0 Å². The molecule has 0 radical (unpaired) electrons. The fourth-order valence-corrected chi connectivity index (χ4v) is 1.74. The third-order valence-electron chi connectivity index (χ3n) is 2.68. The molecule has 0 N–H and O–H groups in total. The van der Waals surface area contributed by atoms with Crippen LogP contribution in [0.5, 0.6) is 0 Å². The van der Waals surface area contributed by atoms with Crippen LogP contribution in [0, 0.1) is 6.92 Å². The summed E-state index contributed by atoms with van der Waals surface area (Å²) in [6.45, 7) is 15.5. The SMILES string of the molecule is Cc1cnc(C(C)(C)C)cc1C(C)(C)C. The molecule has 0 atom stereocenters. The smallest absolute Gasteiger partial charge is 0.0460 e. The summed E-state index contributed by atoms with van der Waals surface area (Å²) in [4.78, 5) is 4.52. The molecule has 0 saturated heterocycles. The quantitative estimate of drug-likeness (QED) is 0.624. The predicted octanol–water partition coefficient (Wildman–Crippen LogP) is 3.99. The average Bonchev–Trinajstić information content (AvgIpc) is 2.00. The van der Waals surface area contributed by atoms with E-state index in [0.29, 0.717) is 0 Å². The molecule has 0 aliphatic heterocycles. The highest BCUT2D eigenvalue weighted by atomic mass is 14.7. The Hall–Kier alpha value is -0.850. The molecule has 0 fully saturated rings. The van der Waals surface area contributed by atoms with Crippen LogP contribution >= 0.6 is 0 Å². The number of rotatable bonds is 0. The first-order valence-corrected chi connectivity index (χ1v) is 5.60. The lowest BCUT2D eigenvalue weighted by Gasteiger charge is -2.25. The fourth-order valence-electron chi connectivity index (χ4n) is 1.74. The van der Waals surface area contributed by atoms with Crippen molar-refractivity contribution < 1.29 is 0 Å². The molecule has 1 aromatic heterocycles. The van der Waals surface area contributed by atoms with Crippen LogP contribution in [0.1, 0.15) is 58.4 Å². The minimum atomic E-state index is 0.133. The summed E-state index contributed by atoms with van der Waals surface area (Å²) >= 11 is 0. The number of pyridine rings is 1. The van der Waals surface area contributed by atoms with Crippen LogP contribution in [0.2, 0.25) is 0 Å². The summed E-state index contributed by atoms with van der Waals surface area (Å²) in [5, 5.41) is 0. The van der Waals surface area contributed by atoms with Crippen LogP contribution in [0.15, 0.2) is 12.3 Å². The highest BCUT2D eigenvalue weighted by molar-refractivity contribution is 5.33. The highest BCUT2D eigenvalue weighted by Gasteiger charge is 2.21. The maximum absolute atomic E-state index is 4.52. The topological polar surface area (TPSA) is 12.9 Å². The van der Waals surface area contributed by atoms with Crippen molar-refractivity contribution in [1.29, 1.82) is 0 Å². The van der Waals surface area contributed by atoms with Crippen molar-refractivity contribution in [1.82, 2.24) is 4.98 Å². The van der Waals surface area contributed by atoms with Gasteiger partial charge in [0, 0.05) is 17.3 Å². The number of hydrogen-bond donors (Lipinski definition) is 0. The van der Waals surface area contributed by atoms with E-state index in [2.05, 4.69) is 59.5 Å². The molecule has 1 heteroatoms. The molecule has 0 aromatic carbocycles. The molecular formula is C14H23N. The second-order valence-electron chi connectivity index (χ2n) is 6.38. The van der Waals surface area contributed by atoms with Gasteiger partial charge in [-0.1, -0.05) is 41.5 Å². The van der Waals surface area contributed by atoms with Crippen molar-refractivity contribution in [3.63, 3.8) is 0 Å². The Morgan fingerprint density at radius 1 is 0.933 bits per heavy atom. The van der Waals surface area contributed by atoms with E-state index in [-0.39, 0.29) is 10.8 Å². The van der Waals surface area contributed by atoms with Gasteiger partial charge in [0.2, 0.25) is 0 Å². The summed E-state index contributed by atoms with van der Waals surface area (Å²) in [6.07, 6.45) is 2.00. The predicted molar refractivity (Wildman–Crippen MR) is 66.4 cm³/mol. The molecule has 0 aliphatic carbocycles. The lowest BCUT2D eigenvalue weighted by Crippen LogP contribution is -2.19. The monoisotopic (exact) mass is 205 g/mol. The van der Waals surface area contributed by atoms with Crippen molar-refractivity contribution in [2.75, 3.05) is 0 Å². The van der Waals surface area contributed by atoms with Gasteiger partial charge in [-0.25, -0.2) is 0 Å². The fraction of sp³-hybridized carbons (Fsp3) is 0.643. The van der Waals surface area contributed by atoms with Gasteiger partial charge < -0.3 is 0 Å². The van der Waals surface area contributed by atoms with Gasteiger partial charge in [-0.2, -0.15) is 0 Å². The molecule has 1 aromatic rings. The van der Waals surface area contributed by atoms with E-state index in [1.165, 1.54) is 16.8 Å². The molecule has 84 valence electrons. The van der Waals surface area contributed by atoms with Crippen molar-refractivity contribution in [2.24, 2.45) is 0 Å². The van der Waals surface area contributed by atoms with Gasteiger partial charge in [-0.05, 0) is 29.5 Å². The van der Waals surface area contributed by atoms with Crippen molar-refractivity contribution in [2.45, 2.75) is 59.3 Å². The lowest BCUT2D eigenvalue weighted by molar-refractivity contribution is 0.550. The van der Waals surface area contributed by atoms with Crippen LogP contribution in [0.3, 0.4) is 0 Å². The Labute approximate surface area is 93.9 Å². The second-order valence-corrected chi connectivity index (χ2v) is 6.38.